The highest BCUT2D eigenvalue weighted by molar-refractivity contribution is 6.26. The van der Waals surface area contributed by atoms with Gasteiger partial charge in [-0.15, -0.1) is 0 Å². The van der Waals surface area contributed by atoms with Crippen LogP contribution in [-0.2, 0) is 6.42 Å². The van der Waals surface area contributed by atoms with E-state index in [0.717, 1.165) is 16.7 Å². The third kappa shape index (κ3) is 1.62. The molecule has 0 aromatic heterocycles. The number of aryl methyl sites for hydroxylation is 1. The van der Waals surface area contributed by atoms with Gasteiger partial charge >= 0.3 is 0 Å². The molecule has 0 saturated carbocycles. The number of fused-ring (bicyclic) bond motifs is 1. The van der Waals surface area contributed by atoms with Crippen molar-refractivity contribution >= 4 is 11.6 Å². The summed E-state index contributed by atoms with van der Waals surface area (Å²) < 4.78 is 0. The molecule has 1 atom stereocenters. The van der Waals surface area contributed by atoms with Crippen LogP contribution in [0, 0.1) is 19.8 Å². The van der Waals surface area contributed by atoms with E-state index in [1.807, 2.05) is 13.8 Å². The van der Waals surface area contributed by atoms with E-state index in [9.17, 15) is 9.59 Å². The molecule has 0 amide bonds. The molecule has 1 aliphatic carbocycles. The van der Waals surface area contributed by atoms with E-state index in [4.69, 9.17) is 5.11 Å². The second-order valence-electron chi connectivity index (χ2n) is 4.64. The van der Waals surface area contributed by atoms with E-state index >= 15 is 0 Å². The quantitative estimate of drug-likeness (QED) is 0.792. The zero-order valence-corrected chi connectivity index (χ0v) is 10.3. The first-order valence-electron chi connectivity index (χ1n) is 5.81. The summed E-state index contributed by atoms with van der Waals surface area (Å²) in [6, 6.07) is 1.79. The molecule has 3 nitrogen and oxygen atoms in total. The van der Waals surface area contributed by atoms with E-state index in [0.29, 0.717) is 17.5 Å². The van der Waals surface area contributed by atoms with Crippen molar-refractivity contribution in [3.05, 3.63) is 33.9 Å². The number of carbonyl (C=O) groups excluding carboxylic acids is 2. The summed E-state index contributed by atoms with van der Waals surface area (Å²) in [6.45, 7) is 5.49. The number of carbonyl (C=O) groups is 2. The van der Waals surface area contributed by atoms with E-state index in [2.05, 4.69) is 0 Å². The molecular weight excluding hydrogens is 216 g/mol. The summed E-state index contributed by atoms with van der Waals surface area (Å²) in [5.41, 5.74) is 3.94. The Morgan fingerprint density at radius 1 is 1.24 bits per heavy atom. The fourth-order valence-corrected chi connectivity index (χ4v) is 2.60. The van der Waals surface area contributed by atoms with Crippen molar-refractivity contribution in [1.29, 1.82) is 0 Å². The predicted molar refractivity (Wildman–Crippen MR) is 64.5 cm³/mol. The van der Waals surface area contributed by atoms with Crippen LogP contribution in [0.2, 0.25) is 0 Å². The third-order valence-electron chi connectivity index (χ3n) is 3.59. The van der Waals surface area contributed by atoms with E-state index in [1.54, 1.807) is 13.0 Å². The van der Waals surface area contributed by atoms with Crippen molar-refractivity contribution in [1.82, 2.24) is 0 Å². The summed E-state index contributed by atoms with van der Waals surface area (Å²) in [5, 5.41) is 9.04. The van der Waals surface area contributed by atoms with Crippen LogP contribution in [0.25, 0.3) is 0 Å². The molecule has 90 valence electrons. The van der Waals surface area contributed by atoms with Gasteiger partial charge in [0.1, 0.15) is 0 Å². The summed E-state index contributed by atoms with van der Waals surface area (Å²) in [4.78, 5) is 23.9. The summed E-state index contributed by atoms with van der Waals surface area (Å²) in [5.74, 6) is -0.707. The molecule has 1 aliphatic rings. The van der Waals surface area contributed by atoms with Gasteiger partial charge in [-0.3, -0.25) is 9.59 Å². The highest BCUT2D eigenvalue weighted by Gasteiger charge is 2.37. The molecule has 0 heterocycles. The zero-order chi connectivity index (χ0) is 12.7. The Morgan fingerprint density at radius 2 is 1.88 bits per heavy atom. The SMILES string of the molecule is Cc1cc2c(c(C)c1CCO)C(=O)C(C)C2=O. The topological polar surface area (TPSA) is 54.4 Å². The second-order valence-corrected chi connectivity index (χ2v) is 4.64. The number of hydrogen-bond acceptors (Lipinski definition) is 3. The maximum Gasteiger partial charge on any atom is 0.174 e. The molecule has 0 spiro atoms. The fourth-order valence-electron chi connectivity index (χ4n) is 2.60. The lowest BCUT2D eigenvalue weighted by Gasteiger charge is -2.12. The number of hydrogen-bond donors (Lipinski definition) is 1. The molecule has 0 radical (unpaired) electrons. The van der Waals surface area contributed by atoms with Crippen LogP contribution >= 0.6 is 0 Å². The van der Waals surface area contributed by atoms with Crippen molar-refractivity contribution in [2.24, 2.45) is 5.92 Å². The first-order valence-corrected chi connectivity index (χ1v) is 5.81. The molecule has 1 unspecified atom stereocenters. The fraction of sp³-hybridized carbons (Fsp3) is 0.429. The minimum absolute atomic E-state index is 0.0537. The van der Waals surface area contributed by atoms with Gasteiger partial charge in [-0.1, -0.05) is 0 Å². The van der Waals surface area contributed by atoms with Crippen LogP contribution in [0.1, 0.15) is 44.3 Å². The van der Waals surface area contributed by atoms with Crippen LogP contribution in [-0.4, -0.2) is 23.3 Å². The lowest BCUT2D eigenvalue weighted by atomic mass is 9.92. The first-order chi connectivity index (χ1) is 7.99. The number of Topliss-reactive ketones (excluding diaryl/α,β-unsaturated/α-hetero) is 2. The monoisotopic (exact) mass is 232 g/mol. The number of rotatable bonds is 2. The Balaban J connectivity index is 2.69. The van der Waals surface area contributed by atoms with Crippen molar-refractivity contribution in [3.63, 3.8) is 0 Å². The van der Waals surface area contributed by atoms with Gasteiger partial charge in [0.2, 0.25) is 0 Å². The smallest absolute Gasteiger partial charge is 0.174 e. The van der Waals surface area contributed by atoms with Gasteiger partial charge in [-0.05, 0) is 49.9 Å². The zero-order valence-electron chi connectivity index (χ0n) is 10.3. The molecule has 3 heteroatoms. The first kappa shape index (κ1) is 12.0. The van der Waals surface area contributed by atoms with Crippen LogP contribution in [0.5, 0.6) is 0 Å². The Kier molecular flexibility index (Phi) is 2.87. The molecule has 2 rings (SSSR count). The molecule has 1 aromatic carbocycles. The molecule has 1 N–H and O–H groups in total. The van der Waals surface area contributed by atoms with Crippen molar-refractivity contribution < 1.29 is 14.7 Å². The Bertz CT molecular complexity index is 515. The van der Waals surface area contributed by atoms with Gasteiger partial charge in [-0.2, -0.15) is 0 Å². The highest BCUT2D eigenvalue weighted by Crippen LogP contribution is 2.32. The number of aliphatic hydroxyl groups excluding tert-OH is 1. The summed E-state index contributed by atoms with van der Waals surface area (Å²) >= 11 is 0. The van der Waals surface area contributed by atoms with Crippen molar-refractivity contribution in [2.45, 2.75) is 27.2 Å². The molecule has 0 bridgehead atoms. The largest absolute Gasteiger partial charge is 0.396 e. The van der Waals surface area contributed by atoms with E-state index < -0.39 is 5.92 Å². The Labute approximate surface area is 100 Å². The number of aliphatic hydroxyl groups is 1. The van der Waals surface area contributed by atoms with Gasteiger partial charge in [0.25, 0.3) is 0 Å². The lowest BCUT2D eigenvalue weighted by Crippen LogP contribution is -2.10. The number of ketones is 2. The summed E-state index contributed by atoms with van der Waals surface area (Å²) in [7, 11) is 0. The standard InChI is InChI=1S/C14H16O3/c1-7-6-11-12(8(2)10(7)4-5-15)14(17)9(3)13(11)16/h6,9,15H,4-5H2,1-3H3. The average Bonchev–Trinajstić information content (AvgIpc) is 2.50. The van der Waals surface area contributed by atoms with Crippen LogP contribution in [0.3, 0.4) is 0 Å². The molecular formula is C14H16O3. The third-order valence-corrected chi connectivity index (χ3v) is 3.59. The average molecular weight is 232 g/mol. The minimum Gasteiger partial charge on any atom is -0.396 e. The molecule has 0 fully saturated rings. The van der Waals surface area contributed by atoms with Crippen molar-refractivity contribution in [2.75, 3.05) is 6.61 Å². The van der Waals surface area contributed by atoms with Gasteiger partial charge in [-0.25, -0.2) is 0 Å². The second kappa shape index (κ2) is 4.08. The van der Waals surface area contributed by atoms with Gasteiger partial charge in [0.05, 0.1) is 5.92 Å². The van der Waals surface area contributed by atoms with Crippen LogP contribution in [0.4, 0.5) is 0 Å². The number of benzene rings is 1. The van der Waals surface area contributed by atoms with Gasteiger partial charge in [0, 0.05) is 17.7 Å². The van der Waals surface area contributed by atoms with Crippen LogP contribution < -0.4 is 0 Å². The minimum atomic E-state index is -0.549. The predicted octanol–water partition coefficient (Wildman–Crippen LogP) is 1.85. The molecule has 0 aliphatic heterocycles. The van der Waals surface area contributed by atoms with Crippen molar-refractivity contribution in [3.8, 4) is 0 Å². The normalized spacial score (nSPS) is 18.7. The van der Waals surface area contributed by atoms with Crippen LogP contribution in [0.15, 0.2) is 6.07 Å². The Hall–Kier alpha value is -1.48. The molecule has 17 heavy (non-hydrogen) atoms. The van der Waals surface area contributed by atoms with Gasteiger partial charge < -0.3 is 5.11 Å². The molecule has 0 saturated heterocycles. The van der Waals surface area contributed by atoms with E-state index in [1.165, 1.54) is 0 Å². The maximum atomic E-state index is 12.0. The van der Waals surface area contributed by atoms with E-state index in [-0.39, 0.29) is 18.2 Å². The maximum absolute atomic E-state index is 12.0. The summed E-state index contributed by atoms with van der Waals surface area (Å²) in [6.07, 6.45) is 0.529. The lowest BCUT2D eigenvalue weighted by molar-refractivity contribution is 0.0852. The Morgan fingerprint density at radius 3 is 2.47 bits per heavy atom. The van der Waals surface area contributed by atoms with Gasteiger partial charge in [0.15, 0.2) is 11.6 Å². The highest BCUT2D eigenvalue weighted by atomic mass is 16.3. The molecule has 1 aromatic rings.